The number of carbonyl (C=O) groups excluding carboxylic acids is 16. The van der Waals surface area contributed by atoms with E-state index in [1.165, 1.54) is 55.4 Å². The maximum Gasteiger partial charge on any atom is 0.159 e. The summed E-state index contributed by atoms with van der Waals surface area (Å²) < 4.78 is 17.0. The van der Waals surface area contributed by atoms with Crippen LogP contribution in [0, 0.1) is 0 Å². The zero-order chi connectivity index (χ0) is 101. The van der Waals surface area contributed by atoms with Gasteiger partial charge in [-0.1, -0.05) is 189 Å². The van der Waals surface area contributed by atoms with Crippen LogP contribution in [0.15, 0.2) is 313 Å². The fourth-order valence-corrected chi connectivity index (χ4v) is 12.9. The van der Waals surface area contributed by atoms with Crippen LogP contribution in [0.2, 0.25) is 0 Å². The fraction of sp³-hybridized carbons (Fsp3) is 0.207. The van der Waals surface area contributed by atoms with Crippen LogP contribution in [0.1, 0.15) is 316 Å². The first kappa shape index (κ1) is 111. The molecule has 0 N–H and O–H groups in total. The number of hydrogen-bond acceptors (Lipinski definition) is 20. The van der Waals surface area contributed by atoms with E-state index >= 15 is 0 Å². The molecular weight excluding hydrogens is 1730 g/mol. The van der Waals surface area contributed by atoms with Crippen LogP contribution in [0.4, 0.5) is 0 Å². The first-order valence-corrected chi connectivity index (χ1v) is 44.9. The molecule has 0 aliphatic rings. The zero-order valence-corrected chi connectivity index (χ0v) is 81.1. The van der Waals surface area contributed by atoms with Gasteiger partial charge in [0.15, 0.2) is 92.5 Å². The number of ketones is 16. The molecule has 19 nitrogen and oxygen atoms in total. The summed E-state index contributed by atoms with van der Waals surface area (Å²) in [4.78, 5) is 179. The number of ether oxygens (including phenoxy) is 3. The molecule has 0 fully saturated rings. The smallest absolute Gasteiger partial charge is 0.159 e. The quantitative estimate of drug-likeness (QED) is 0.0298. The summed E-state index contributed by atoms with van der Waals surface area (Å²) in [6, 6.07) is 89.4. The highest BCUT2D eigenvalue weighted by atomic mass is 32.2. The number of benzene rings is 13. The van der Waals surface area contributed by atoms with Gasteiger partial charge < -0.3 is 14.2 Å². The maximum atomic E-state index is 11.2. The van der Waals surface area contributed by atoms with Crippen LogP contribution < -0.4 is 14.2 Å². The van der Waals surface area contributed by atoms with E-state index in [2.05, 4.69) is 0 Å². The van der Waals surface area contributed by atoms with E-state index in [0.717, 1.165) is 80.0 Å². The molecule has 0 saturated carbocycles. The van der Waals surface area contributed by atoms with Gasteiger partial charge in [0.25, 0.3) is 0 Å². The van der Waals surface area contributed by atoms with E-state index < -0.39 is 0 Å². The maximum absolute atomic E-state index is 11.2. The van der Waals surface area contributed by atoms with E-state index in [4.69, 9.17) is 14.2 Å². The van der Waals surface area contributed by atoms with Crippen molar-refractivity contribution in [2.45, 2.75) is 160 Å². The molecule has 0 saturated heterocycles. The molecule has 0 unspecified atom stereocenters. The first-order valence-electron chi connectivity index (χ1n) is 44.1. The molecule has 0 aliphatic heterocycles. The number of hydrogen-bond donors (Lipinski definition) is 0. The van der Waals surface area contributed by atoms with Crippen molar-refractivity contribution < 1.29 is 90.9 Å². The predicted molar refractivity (Wildman–Crippen MR) is 539 cm³/mol. The third kappa shape index (κ3) is 39.6. The highest BCUT2D eigenvalue weighted by molar-refractivity contribution is 7.99. The summed E-state index contributed by atoms with van der Waals surface area (Å²) >= 11 is 1.61. The second kappa shape index (κ2) is 57.8. The number of Topliss-reactive ketones (excluding diaryl/α,β-unsaturated/α-hetero) is 16. The van der Waals surface area contributed by atoms with Crippen molar-refractivity contribution in [2.75, 3.05) is 13.2 Å². The Morgan fingerprint density at radius 2 is 0.353 bits per heavy atom. The van der Waals surface area contributed by atoms with Crippen molar-refractivity contribution in [3.8, 4) is 34.1 Å². The van der Waals surface area contributed by atoms with Crippen molar-refractivity contribution in [3.05, 3.63) is 392 Å². The highest BCUT2D eigenvalue weighted by Crippen LogP contribution is 2.30. The van der Waals surface area contributed by atoms with Crippen molar-refractivity contribution >= 4 is 115 Å². The lowest BCUT2D eigenvalue weighted by Gasteiger charge is -2.08. The highest BCUT2D eigenvalue weighted by Gasteiger charge is 2.12. The molecule has 0 radical (unpaired) electrons. The molecule has 13 aromatic carbocycles. The molecule has 0 amide bonds. The molecule has 700 valence electrons. The monoisotopic (exact) mass is 1840 g/mol. The molecule has 0 aliphatic carbocycles. The lowest BCUT2D eigenvalue weighted by molar-refractivity contribution is 0.0999. The van der Waals surface area contributed by atoms with Gasteiger partial charge in [-0.15, -0.1) is 0 Å². The summed E-state index contributed by atoms with van der Waals surface area (Å²) in [5.41, 5.74) is 12.8. The van der Waals surface area contributed by atoms with E-state index in [9.17, 15) is 76.7 Å². The van der Waals surface area contributed by atoms with Gasteiger partial charge in [-0.25, -0.2) is 0 Å². The van der Waals surface area contributed by atoms with Crippen LogP contribution in [0.25, 0.3) is 21.9 Å². The van der Waals surface area contributed by atoms with Crippen LogP contribution in [-0.2, 0) is 0 Å². The molecule has 136 heavy (non-hydrogen) atoms. The van der Waals surface area contributed by atoms with Gasteiger partial charge in [0.05, 0.1) is 13.2 Å². The molecule has 0 heterocycles. The number of rotatable bonds is 30. The molecule has 13 aromatic rings. The second-order valence-corrected chi connectivity index (χ2v) is 32.2. The zero-order valence-electron chi connectivity index (χ0n) is 80.3. The third-order valence-electron chi connectivity index (χ3n) is 20.3. The van der Waals surface area contributed by atoms with E-state index in [1.807, 2.05) is 159 Å². The summed E-state index contributed by atoms with van der Waals surface area (Å²) in [6.07, 6.45) is 4.14. The Labute approximate surface area is 800 Å². The standard InChI is InChI=1S/C22H26O4.C16H14O3.C16H14O2S.C16H14O2.C14H12O2.3C10H10O2.C2H6/c1-17(23)19-7-11-21(12-8-19)25-15-5-3-4-6-16-26-22-13-9-20(10-14-22)18(2)24;2*1-11(17)13-3-7-15(8-4-13)19-16-9-5-14(6-10-16)12(2)18;1-11(17)13-3-7-15(8-4-13)16-9-5-14(6-10-16)12(2)18;1-9(15)11-3-5-14-8-12(10(2)16)4-6-13(14)7-11;2*1-7(11)9-3-5-10(6-4-9)8(2)12;1-7(11)9-4-3-5-10(6-9)8(2)12;1-2/h7-14H,3-6,15-16H2,1-2H3;2*3-10H,1-2H3;3-10H,1-2H3;3-8H,1-2H3;3*3-6H,1-2H3;1-2H3. The normalized spacial score (nSPS) is 9.93. The molecular formula is C116H116O19S. The van der Waals surface area contributed by atoms with Crippen LogP contribution in [-0.4, -0.2) is 106 Å². The molecule has 13 rings (SSSR count). The molecule has 0 spiro atoms. The predicted octanol–water partition coefficient (Wildman–Crippen LogP) is 27.5. The van der Waals surface area contributed by atoms with Crippen molar-refractivity contribution in [2.24, 2.45) is 0 Å². The topological polar surface area (TPSA) is 301 Å². The van der Waals surface area contributed by atoms with Crippen LogP contribution in [0.3, 0.4) is 0 Å². The van der Waals surface area contributed by atoms with Gasteiger partial charge in [0, 0.05) is 98.8 Å². The Morgan fingerprint density at radius 1 is 0.184 bits per heavy atom. The summed E-state index contributed by atoms with van der Waals surface area (Å²) in [5, 5.41) is 1.97. The summed E-state index contributed by atoms with van der Waals surface area (Å²) in [5.74, 6) is 3.50. The number of unbranched alkanes of at least 4 members (excludes halogenated alkanes) is 3. The van der Waals surface area contributed by atoms with Crippen molar-refractivity contribution in [1.29, 1.82) is 0 Å². The van der Waals surface area contributed by atoms with E-state index in [1.54, 1.807) is 225 Å². The lowest BCUT2D eigenvalue weighted by atomic mass is 10.0. The van der Waals surface area contributed by atoms with Crippen molar-refractivity contribution in [3.63, 3.8) is 0 Å². The molecule has 0 bridgehead atoms. The van der Waals surface area contributed by atoms with Crippen LogP contribution >= 0.6 is 11.8 Å². The van der Waals surface area contributed by atoms with E-state index in [0.29, 0.717) is 103 Å². The van der Waals surface area contributed by atoms with Gasteiger partial charge in [0.1, 0.15) is 23.0 Å². The van der Waals surface area contributed by atoms with Gasteiger partial charge in [0.2, 0.25) is 0 Å². The van der Waals surface area contributed by atoms with Gasteiger partial charge in [-0.3, -0.25) is 76.7 Å². The van der Waals surface area contributed by atoms with Gasteiger partial charge in [-0.2, -0.15) is 0 Å². The van der Waals surface area contributed by atoms with Gasteiger partial charge >= 0.3 is 0 Å². The summed E-state index contributed by atoms with van der Waals surface area (Å²) in [6.45, 7) is 29.8. The Balaban J connectivity index is 0.000000277. The SMILES string of the molecule is CC.CC(=O)c1ccc(-c2ccc(C(C)=O)cc2)cc1.CC(=O)c1ccc(C(C)=O)cc1.CC(=O)c1ccc(C(C)=O)cc1.CC(=O)c1ccc(OCCCCCCOc2ccc(C(C)=O)cc2)cc1.CC(=O)c1ccc(Oc2ccc(C(C)=O)cc2)cc1.CC(=O)c1ccc(Sc2ccc(C(C)=O)cc2)cc1.CC(=O)c1ccc2cc(C(C)=O)ccc2c1.CC(=O)c1cccc(C(C)=O)c1. The minimum Gasteiger partial charge on any atom is -0.494 e. The number of fused-ring (bicyclic) bond motifs is 1. The van der Waals surface area contributed by atoms with Gasteiger partial charge in [-0.05, 0) is 298 Å². The summed E-state index contributed by atoms with van der Waals surface area (Å²) in [7, 11) is 0. The van der Waals surface area contributed by atoms with Crippen molar-refractivity contribution in [1.82, 2.24) is 0 Å². The Kier molecular flexibility index (Phi) is 47.2. The second-order valence-electron chi connectivity index (χ2n) is 31.0. The van der Waals surface area contributed by atoms with E-state index in [-0.39, 0.29) is 92.5 Å². The average Bonchev–Trinajstić information content (AvgIpc) is 0.817. The lowest BCUT2D eigenvalue weighted by Crippen LogP contribution is -2.00. The Bertz CT molecular complexity index is 5730. The van der Waals surface area contributed by atoms with Crippen LogP contribution in [0.5, 0.6) is 23.0 Å². The first-order chi connectivity index (χ1) is 64.7. The number of carbonyl (C=O) groups is 16. The molecule has 0 aromatic heterocycles. The Hall–Kier alpha value is -15.4. The fourth-order valence-electron chi connectivity index (χ4n) is 12.1. The minimum absolute atomic E-state index is 0.0156. The minimum atomic E-state index is -0.0156. The largest absolute Gasteiger partial charge is 0.494 e. The average molecular weight is 1850 g/mol. The third-order valence-corrected chi connectivity index (χ3v) is 21.3. The molecule has 0 atom stereocenters. The molecule has 20 heteroatoms. The Morgan fingerprint density at radius 3 is 0.559 bits per heavy atom.